The molecule has 0 aromatic rings. The van der Waals surface area contributed by atoms with Crippen molar-refractivity contribution in [2.24, 2.45) is 0 Å². The van der Waals surface area contributed by atoms with Crippen LogP contribution in [0.15, 0.2) is 0 Å². The highest BCUT2D eigenvalue weighted by molar-refractivity contribution is 8.45. The number of hydrogen-bond acceptors (Lipinski definition) is 3. The van der Waals surface area contributed by atoms with Gasteiger partial charge >= 0.3 is 6.72 Å². The van der Waals surface area contributed by atoms with Gasteiger partial charge < -0.3 is 4.89 Å². The van der Waals surface area contributed by atoms with Crippen molar-refractivity contribution in [3.8, 4) is 0 Å². The number of thioether (sulfide) groups is 1. The van der Waals surface area contributed by atoms with Crippen molar-refractivity contribution in [2.45, 2.75) is 0 Å². The Kier molecular flexibility index (Phi) is 2.34. The minimum absolute atomic E-state index is 0.274. The van der Waals surface area contributed by atoms with Gasteiger partial charge in [-0.1, -0.05) is 12.2 Å². The standard InChI is InChI=1S/C3H6NO3PS2/c5-3-1-10-2-4(3)8(6,7)9/h1-2H2,(H2,6,7,9). The van der Waals surface area contributed by atoms with Crippen molar-refractivity contribution in [1.82, 2.24) is 4.67 Å². The summed E-state index contributed by atoms with van der Waals surface area (Å²) < 4.78 is 11.6. The Bertz CT molecular complexity index is 202. The van der Waals surface area contributed by atoms with Crippen LogP contribution in [-0.2, 0) is 9.36 Å². The van der Waals surface area contributed by atoms with Crippen molar-refractivity contribution < 1.29 is 14.3 Å². The summed E-state index contributed by atoms with van der Waals surface area (Å²) >= 11 is 4.72. The molecule has 1 aliphatic rings. The summed E-state index contributed by atoms with van der Waals surface area (Å²) in [5.74, 6) is 0.243. The van der Waals surface area contributed by atoms with E-state index < -0.39 is 6.72 Å². The van der Waals surface area contributed by atoms with Gasteiger partial charge in [0.25, 0.3) is 0 Å². The van der Waals surface area contributed by atoms with Crippen LogP contribution in [0.4, 0.5) is 0 Å². The lowest BCUT2D eigenvalue weighted by Gasteiger charge is -2.15. The average molecular weight is 199 g/mol. The summed E-state index contributed by atoms with van der Waals surface area (Å²) in [6.45, 7) is -3.61. The first kappa shape index (κ1) is 8.46. The van der Waals surface area contributed by atoms with E-state index in [2.05, 4.69) is 12.2 Å². The van der Waals surface area contributed by atoms with E-state index in [4.69, 9.17) is 4.89 Å². The molecule has 10 heavy (non-hydrogen) atoms. The maximum absolute atomic E-state index is 10.7. The van der Waals surface area contributed by atoms with Gasteiger partial charge in [0.15, 0.2) is 0 Å². The minimum Gasteiger partial charge on any atom is -0.321 e. The van der Waals surface area contributed by atoms with Crippen LogP contribution < -0.4 is 0 Å². The number of amides is 1. The Morgan fingerprint density at radius 3 is 2.60 bits per heavy atom. The smallest absolute Gasteiger partial charge is 0.321 e. The van der Waals surface area contributed by atoms with E-state index in [1.807, 2.05) is 0 Å². The average Bonchev–Trinajstić information content (AvgIpc) is 2.11. The monoisotopic (exact) mass is 199 g/mol. The van der Waals surface area contributed by atoms with Crippen LogP contribution in [0.5, 0.6) is 0 Å². The van der Waals surface area contributed by atoms with Crippen LogP contribution in [-0.4, -0.2) is 27.1 Å². The molecular formula is C3H6NO3PS2. The van der Waals surface area contributed by atoms with E-state index in [9.17, 15) is 9.36 Å². The summed E-state index contributed by atoms with van der Waals surface area (Å²) in [5, 5.41) is 0. The molecule has 1 saturated heterocycles. The van der Waals surface area contributed by atoms with Gasteiger partial charge in [0, 0.05) is 0 Å². The predicted molar refractivity (Wildman–Crippen MR) is 43.0 cm³/mol. The molecule has 7 heteroatoms. The maximum atomic E-state index is 10.7. The Morgan fingerprint density at radius 2 is 2.40 bits per heavy atom. The highest BCUT2D eigenvalue weighted by Crippen LogP contribution is 2.52. The van der Waals surface area contributed by atoms with Crippen LogP contribution >= 0.6 is 30.7 Å². The molecule has 0 aliphatic carbocycles. The summed E-state index contributed by atoms with van der Waals surface area (Å²) in [6, 6.07) is 0. The third kappa shape index (κ3) is 1.69. The lowest BCUT2D eigenvalue weighted by atomic mass is 10.7. The van der Waals surface area contributed by atoms with Crippen LogP contribution in [0, 0.1) is 0 Å². The number of rotatable bonds is 1. The van der Waals surface area contributed by atoms with Gasteiger partial charge in [-0.05, 0) is 0 Å². The molecule has 58 valence electrons. The number of thiol groups is 1. The summed E-state index contributed by atoms with van der Waals surface area (Å²) in [7, 11) is 0. The van der Waals surface area contributed by atoms with Gasteiger partial charge in [-0.15, -0.1) is 11.8 Å². The predicted octanol–water partition coefficient (Wildman–Crippen LogP) is 0.549. The van der Waals surface area contributed by atoms with E-state index in [1.165, 1.54) is 11.8 Å². The molecule has 0 radical (unpaired) electrons. The molecule has 1 amide bonds. The molecule has 1 unspecified atom stereocenters. The van der Waals surface area contributed by atoms with Crippen molar-refractivity contribution in [3.05, 3.63) is 0 Å². The maximum Gasteiger partial charge on any atom is 0.350 e. The first-order chi connectivity index (χ1) is 4.52. The highest BCUT2D eigenvalue weighted by Gasteiger charge is 2.32. The van der Waals surface area contributed by atoms with E-state index in [1.54, 1.807) is 0 Å². The second kappa shape index (κ2) is 2.77. The Hall–Kier alpha value is 0.360. The minimum atomic E-state index is -3.61. The fraction of sp³-hybridized carbons (Fsp3) is 0.667. The molecule has 1 atom stereocenters. The summed E-state index contributed by atoms with van der Waals surface area (Å²) in [4.78, 5) is 19.5. The van der Waals surface area contributed by atoms with Gasteiger partial charge in [-0.2, -0.15) is 0 Å². The molecule has 0 aromatic carbocycles. The van der Waals surface area contributed by atoms with Crippen LogP contribution in [0.3, 0.4) is 0 Å². The Labute approximate surface area is 67.6 Å². The first-order valence-corrected chi connectivity index (χ1v) is 6.38. The third-order valence-corrected chi connectivity index (χ3v) is 3.77. The topological polar surface area (TPSA) is 57.6 Å². The van der Waals surface area contributed by atoms with Crippen LogP contribution in [0.2, 0.25) is 0 Å². The van der Waals surface area contributed by atoms with Crippen molar-refractivity contribution in [3.63, 3.8) is 0 Å². The van der Waals surface area contributed by atoms with E-state index >= 15 is 0 Å². The summed E-state index contributed by atoms with van der Waals surface area (Å²) in [5.41, 5.74) is 0. The molecule has 1 N–H and O–H groups in total. The van der Waals surface area contributed by atoms with Crippen molar-refractivity contribution >= 4 is 36.6 Å². The molecule has 0 bridgehead atoms. The molecule has 1 rings (SSSR count). The summed E-state index contributed by atoms with van der Waals surface area (Å²) in [6.07, 6.45) is 0. The van der Waals surface area contributed by atoms with E-state index in [-0.39, 0.29) is 17.5 Å². The second-order valence-corrected chi connectivity index (χ2v) is 5.81. The van der Waals surface area contributed by atoms with E-state index in [0.717, 1.165) is 4.67 Å². The normalized spacial score (nSPS) is 25.0. The van der Waals surface area contributed by atoms with Crippen LogP contribution in [0.25, 0.3) is 0 Å². The lowest BCUT2D eigenvalue weighted by Crippen LogP contribution is -2.19. The molecular weight excluding hydrogens is 193 g/mol. The SMILES string of the molecule is O=C1CSCN1P(=O)(O)S. The van der Waals surface area contributed by atoms with Gasteiger partial charge in [-0.25, -0.2) is 0 Å². The number of nitrogens with zero attached hydrogens (tertiary/aromatic N) is 1. The molecule has 1 fully saturated rings. The van der Waals surface area contributed by atoms with Gasteiger partial charge in [0.05, 0.1) is 11.6 Å². The first-order valence-electron chi connectivity index (χ1n) is 2.46. The third-order valence-electron chi connectivity index (χ3n) is 1.04. The zero-order valence-electron chi connectivity index (χ0n) is 4.93. The number of hydrogen-bond donors (Lipinski definition) is 2. The molecule has 1 heterocycles. The van der Waals surface area contributed by atoms with Crippen LogP contribution in [0.1, 0.15) is 0 Å². The second-order valence-electron chi connectivity index (χ2n) is 1.78. The number of carbonyl (C=O) groups is 1. The lowest BCUT2D eigenvalue weighted by molar-refractivity contribution is -0.122. The Balaban J connectivity index is 2.74. The van der Waals surface area contributed by atoms with Gasteiger partial charge in [-0.3, -0.25) is 14.0 Å². The zero-order chi connectivity index (χ0) is 7.78. The molecule has 0 saturated carbocycles. The van der Waals surface area contributed by atoms with Crippen molar-refractivity contribution in [1.29, 1.82) is 0 Å². The largest absolute Gasteiger partial charge is 0.350 e. The molecule has 0 aromatic heterocycles. The quantitative estimate of drug-likeness (QED) is 0.478. The highest BCUT2D eigenvalue weighted by atomic mass is 32.7. The fourth-order valence-corrected chi connectivity index (χ4v) is 3.39. The van der Waals surface area contributed by atoms with Crippen molar-refractivity contribution in [2.75, 3.05) is 11.6 Å². The van der Waals surface area contributed by atoms with E-state index in [0.29, 0.717) is 0 Å². The zero-order valence-corrected chi connectivity index (χ0v) is 7.53. The molecule has 1 aliphatic heterocycles. The fourth-order valence-electron chi connectivity index (χ4n) is 0.586. The molecule has 4 nitrogen and oxygen atoms in total. The number of carbonyl (C=O) groups excluding carboxylic acids is 1. The van der Waals surface area contributed by atoms with Gasteiger partial charge in [0.2, 0.25) is 5.91 Å². The molecule has 0 spiro atoms. The van der Waals surface area contributed by atoms with Gasteiger partial charge in [0.1, 0.15) is 0 Å². The Morgan fingerprint density at radius 1 is 1.80 bits per heavy atom.